The first kappa shape index (κ1) is 14.0. The van der Waals surface area contributed by atoms with E-state index in [9.17, 15) is 4.79 Å². The molecule has 1 rings (SSSR count). The molecule has 0 fully saturated rings. The number of nitrogens with zero attached hydrogens (tertiary/aromatic N) is 1. The van der Waals surface area contributed by atoms with Crippen LogP contribution in [0.4, 0.5) is 0 Å². The van der Waals surface area contributed by atoms with Gasteiger partial charge in [0, 0.05) is 0 Å². The summed E-state index contributed by atoms with van der Waals surface area (Å²) in [4.78, 5) is 12.1. The summed E-state index contributed by atoms with van der Waals surface area (Å²) in [6, 6.07) is 9.12. The van der Waals surface area contributed by atoms with Gasteiger partial charge in [-0.3, -0.25) is 4.79 Å². The van der Waals surface area contributed by atoms with Crippen molar-refractivity contribution < 1.29 is 9.53 Å². The minimum absolute atomic E-state index is 0.292. The molecular formula is C15H17NO2. The third kappa shape index (κ3) is 2.78. The van der Waals surface area contributed by atoms with Crippen molar-refractivity contribution in [2.45, 2.75) is 25.7 Å². The Hall–Kier alpha value is -2.08. The maximum atomic E-state index is 12.1. The fourth-order valence-corrected chi connectivity index (χ4v) is 1.83. The van der Waals surface area contributed by atoms with Gasteiger partial charge in [0.15, 0.2) is 0 Å². The molecule has 0 aromatic heterocycles. The van der Waals surface area contributed by atoms with Crippen molar-refractivity contribution in [3.63, 3.8) is 0 Å². The van der Waals surface area contributed by atoms with Gasteiger partial charge in [0.05, 0.1) is 23.7 Å². The molecule has 0 spiro atoms. The van der Waals surface area contributed by atoms with Crippen LogP contribution in [0.2, 0.25) is 0 Å². The number of benzene rings is 1. The minimum atomic E-state index is -0.787. The van der Waals surface area contributed by atoms with Gasteiger partial charge in [-0.05, 0) is 38.0 Å². The fraction of sp³-hybridized carbons (Fsp3) is 0.333. The van der Waals surface area contributed by atoms with Crippen LogP contribution in [0.15, 0.2) is 36.9 Å². The van der Waals surface area contributed by atoms with Crippen molar-refractivity contribution in [1.29, 1.82) is 5.26 Å². The molecule has 0 amide bonds. The zero-order valence-electron chi connectivity index (χ0n) is 10.8. The predicted molar refractivity (Wildman–Crippen MR) is 70.0 cm³/mol. The van der Waals surface area contributed by atoms with Gasteiger partial charge >= 0.3 is 5.97 Å². The molecule has 0 saturated carbocycles. The number of esters is 1. The smallest absolute Gasteiger partial charge is 0.316 e. The summed E-state index contributed by atoms with van der Waals surface area (Å²) in [5.41, 5.74) is 0.525. The van der Waals surface area contributed by atoms with Crippen molar-refractivity contribution in [2.24, 2.45) is 0 Å². The van der Waals surface area contributed by atoms with E-state index in [1.54, 1.807) is 31.2 Å². The second kappa shape index (κ2) is 6.02. The number of carbonyl (C=O) groups is 1. The van der Waals surface area contributed by atoms with Crippen molar-refractivity contribution >= 4 is 5.97 Å². The molecule has 0 aliphatic rings. The van der Waals surface area contributed by atoms with Gasteiger partial charge < -0.3 is 4.74 Å². The van der Waals surface area contributed by atoms with Gasteiger partial charge in [-0.1, -0.05) is 18.2 Å². The lowest BCUT2D eigenvalue weighted by atomic mass is 9.79. The Balaban J connectivity index is 3.21. The van der Waals surface area contributed by atoms with Crippen LogP contribution in [-0.4, -0.2) is 12.6 Å². The van der Waals surface area contributed by atoms with Gasteiger partial charge in [0.2, 0.25) is 0 Å². The third-order valence-electron chi connectivity index (χ3n) is 2.91. The molecule has 0 aliphatic carbocycles. The highest BCUT2D eigenvalue weighted by Crippen LogP contribution is 2.30. The molecule has 0 aliphatic heterocycles. The second-order valence-electron chi connectivity index (χ2n) is 4.24. The van der Waals surface area contributed by atoms with Crippen LogP contribution >= 0.6 is 0 Å². The van der Waals surface area contributed by atoms with Crippen LogP contribution in [0.1, 0.15) is 31.4 Å². The molecule has 94 valence electrons. The molecule has 3 nitrogen and oxygen atoms in total. The van der Waals surface area contributed by atoms with E-state index in [2.05, 4.69) is 12.6 Å². The Morgan fingerprint density at radius 1 is 1.61 bits per heavy atom. The lowest BCUT2D eigenvalue weighted by Crippen LogP contribution is -2.34. The summed E-state index contributed by atoms with van der Waals surface area (Å²) in [6.07, 6.45) is 2.16. The molecule has 1 aromatic rings. The highest BCUT2D eigenvalue weighted by Gasteiger charge is 2.35. The van der Waals surface area contributed by atoms with Crippen LogP contribution in [-0.2, 0) is 14.9 Å². The summed E-state index contributed by atoms with van der Waals surface area (Å²) in [7, 11) is 0. The first-order chi connectivity index (χ1) is 8.58. The van der Waals surface area contributed by atoms with Gasteiger partial charge in [-0.25, -0.2) is 0 Å². The topological polar surface area (TPSA) is 50.1 Å². The molecule has 1 unspecified atom stereocenters. The van der Waals surface area contributed by atoms with Crippen LogP contribution in [0, 0.1) is 11.3 Å². The van der Waals surface area contributed by atoms with Gasteiger partial charge in [0.25, 0.3) is 0 Å². The summed E-state index contributed by atoms with van der Waals surface area (Å²) >= 11 is 0. The number of nitriles is 1. The molecular weight excluding hydrogens is 226 g/mol. The predicted octanol–water partition coefficient (Wildman–Crippen LogP) is 2.96. The highest BCUT2D eigenvalue weighted by atomic mass is 16.5. The zero-order valence-corrected chi connectivity index (χ0v) is 10.8. The van der Waals surface area contributed by atoms with E-state index in [1.165, 1.54) is 0 Å². The van der Waals surface area contributed by atoms with Crippen LogP contribution in [0.25, 0.3) is 0 Å². The number of hydrogen-bond donors (Lipinski definition) is 0. The van der Waals surface area contributed by atoms with Crippen molar-refractivity contribution in [3.05, 3.63) is 48.0 Å². The van der Waals surface area contributed by atoms with E-state index in [0.717, 1.165) is 5.56 Å². The lowest BCUT2D eigenvalue weighted by molar-refractivity contribution is -0.149. The quantitative estimate of drug-likeness (QED) is 0.590. The number of rotatable bonds is 5. The molecule has 0 bridgehead atoms. The van der Waals surface area contributed by atoms with E-state index in [4.69, 9.17) is 10.00 Å². The number of ether oxygens (including phenoxy) is 1. The maximum Gasteiger partial charge on any atom is 0.316 e. The van der Waals surface area contributed by atoms with E-state index in [0.29, 0.717) is 18.6 Å². The Morgan fingerprint density at radius 3 is 2.89 bits per heavy atom. The minimum Gasteiger partial charge on any atom is -0.465 e. The van der Waals surface area contributed by atoms with Crippen molar-refractivity contribution in [3.8, 4) is 6.07 Å². The number of carbonyl (C=O) groups excluding carboxylic acids is 1. The first-order valence-electron chi connectivity index (χ1n) is 5.87. The lowest BCUT2D eigenvalue weighted by Gasteiger charge is -2.26. The molecule has 0 N–H and O–H groups in total. The van der Waals surface area contributed by atoms with E-state index in [1.807, 2.05) is 13.0 Å². The largest absolute Gasteiger partial charge is 0.465 e. The number of hydrogen-bond acceptors (Lipinski definition) is 3. The van der Waals surface area contributed by atoms with Crippen molar-refractivity contribution in [1.82, 2.24) is 0 Å². The molecule has 0 heterocycles. The number of allylic oxidation sites excluding steroid dienone is 1. The normalized spacial score (nSPS) is 13.2. The van der Waals surface area contributed by atoms with Crippen LogP contribution in [0.3, 0.4) is 0 Å². The molecule has 0 saturated heterocycles. The Labute approximate surface area is 108 Å². The Bertz CT molecular complexity index is 488. The summed E-state index contributed by atoms with van der Waals surface area (Å²) in [5, 5.41) is 8.91. The van der Waals surface area contributed by atoms with Crippen molar-refractivity contribution in [2.75, 3.05) is 6.61 Å². The monoisotopic (exact) mass is 243 g/mol. The van der Waals surface area contributed by atoms with Gasteiger partial charge in [-0.2, -0.15) is 5.26 Å². The summed E-state index contributed by atoms with van der Waals surface area (Å²) in [5.74, 6) is -0.292. The molecule has 3 heteroatoms. The van der Waals surface area contributed by atoms with Crippen LogP contribution < -0.4 is 0 Å². The average Bonchev–Trinajstić information content (AvgIpc) is 2.39. The molecule has 18 heavy (non-hydrogen) atoms. The Morgan fingerprint density at radius 2 is 2.33 bits per heavy atom. The highest BCUT2D eigenvalue weighted by molar-refractivity contribution is 5.83. The van der Waals surface area contributed by atoms with Gasteiger partial charge in [-0.15, -0.1) is 6.58 Å². The van der Waals surface area contributed by atoms with Crippen LogP contribution in [0.5, 0.6) is 0 Å². The van der Waals surface area contributed by atoms with E-state index >= 15 is 0 Å². The standard InChI is InChI=1S/C15H17NO2/c1-4-9-15(3,14(17)18-5-2)13-8-6-7-12(10-13)11-16/h4,6-8,10H,1,5,9H2,2-3H3. The second-order valence-corrected chi connectivity index (χ2v) is 4.24. The average molecular weight is 243 g/mol. The summed E-state index contributed by atoms with van der Waals surface area (Å²) < 4.78 is 5.12. The fourth-order valence-electron chi connectivity index (χ4n) is 1.83. The van der Waals surface area contributed by atoms with E-state index in [-0.39, 0.29) is 5.97 Å². The SMILES string of the molecule is C=CCC(C)(C(=O)OCC)c1cccc(C#N)c1. The molecule has 1 atom stereocenters. The Kier molecular flexibility index (Phi) is 4.67. The zero-order chi connectivity index (χ0) is 13.6. The summed E-state index contributed by atoms with van der Waals surface area (Å²) in [6.45, 7) is 7.60. The third-order valence-corrected chi connectivity index (χ3v) is 2.91. The van der Waals surface area contributed by atoms with Gasteiger partial charge in [0.1, 0.15) is 0 Å². The van der Waals surface area contributed by atoms with E-state index < -0.39 is 5.41 Å². The first-order valence-corrected chi connectivity index (χ1v) is 5.87. The molecule has 1 aromatic carbocycles. The molecule has 0 radical (unpaired) electrons. The maximum absolute atomic E-state index is 12.1.